The monoisotopic (exact) mass is 489 g/mol. The van der Waals surface area contributed by atoms with Gasteiger partial charge in [0.25, 0.3) is 0 Å². The standard InChI is InChI=1S/C25H39N5O3S/c1-3-11-28-15-17-29(18-16-28)12-5-10-26-25(31)22-6-4-13-30(20-22)34(32,33)23-7-8-24-21(19-23)9-14-27(24)2/h7-9,14,19,22H,3-6,10-13,15-18,20H2,1-2H3,(H,26,31)/t22-/m0/s1. The van der Waals surface area contributed by atoms with Gasteiger partial charge < -0.3 is 19.7 Å². The molecule has 0 spiro atoms. The Hall–Kier alpha value is -1.94. The maximum atomic E-state index is 13.3. The first-order valence-electron chi connectivity index (χ1n) is 12.7. The number of sulfonamides is 1. The van der Waals surface area contributed by atoms with Crippen LogP contribution in [0.15, 0.2) is 35.4 Å². The number of benzene rings is 1. The van der Waals surface area contributed by atoms with Crippen molar-refractivity contribution in [1.82, 2.24) is 24.0 Å². The van der Waals surface area contributed by atoms with Gasteiger partial charge in [0.1, 0.15) is 0 Å². The van der Waals surface area contributed by atoms with Gasteiger partial charge in [-0.15, -0.1) is 0 Å². The zero-order valence-corrected chi connectivity index (χ0v) is 21.4. The van der Waals surface area contributed by atoms with E-state index in [1.54, 1.807) is 12.1 Å². The van der Waals surface area contributed by atoms with Crippen LogP contribution in [0.1, 0.15) is 32.6 Å². The van der Waals surface area contributed by atoms with E-state index in [0.717, 1.165) is 56.5 Å². The van der Waals surface area contributed by atoms with Crippen molar-refractivity contribution in [2.24, 2.45) is 13.0 Å². The summed E-state index contributed by atoms with van der Waals surface area (Å²) in [6.45, 7) is 10.2. The zero-order valence-electron chi connectivity index (χ0n) is 20.6. The summed E-state index contributed by atoms with van der Waals surface area (Å²) < 4.78 is 30.0. The smallest absolute Gasteiger partial charge is 0.243 e. The molecule has 2 aromatic rings. The van der Waals surface area contributed by atoms with E-state index >= 15 is 0 Å². The highest BCUT2D eigenvalue weighted by Crippen LogP contribution is 2.26. The molecule has 188 valence electrons. The first-order chi connectivity index (χ1) is 16.4. The van der Waals surface area contributed by atoms with Gasteiger partial charge in [-0.1, -0.05) is 6.92 Å². The fourth-order valence-corrected chi connectivity index (χ4v) is 6.71. The fourth-order valence-electron chi connectivity index (χ4n) is 5.16. The molecule has 0 unspecified atom stereocenters. The minimum absolute atomic E-state index is 0.0221. The summed E-state index contributed by atoms with van der Waals surface area (Å²) in [7, 11) is -1.68. The highest BCUT2D eigenvalue weighted by molar-refractivity contribution is 7.89. The second-order valence-corrected chi connectivity index (χ2v) is 11.6. The van der Waals surface area contributed by atoms with Crippen LogP contribution in [0.2, 0.25) is 0 Å². The van der Waals surface area contributed by atoms with Crippen LogP contribution in [0.5, 0.6) is 0 Å². The maximum Gasteiger partial charge on any atom is 0.243 e. The third-order valence-electron chi connectivity index (χ3n) is 7.20. The van der Waals surface area contributed by atoms with E-state index in [1.165, 1.54) is 17.3 Å². The SMILES string of the molecule is CCCN1CCN(CCCNC(=O)[C@H]2CCCN(S(=O)(=O)c3ccc4c(ccn4C)c3)C2)CC1. The predicted molar refractivity (Wildman–Crippen MR) is 135 cm³/mol. The number of rotatable bonds is 9. The average molecular weight is 490 g/mol. The molecular weight excluding hydrogens is 450 g/mol. The van der Waals surface area contributed by atoms with Crippen LogP contribution in [0.25, 0.3) is 10.9 Å². The Morgan fingerprint density at radius 1 is 1.06 bits per heavy atom. The largest absolute Gasteiger partial charge is 0.356 e. The second-order valence-electron chi connectivity index (χ2n) is 9.68. The molecule has 3 heterocycles. The fraction of sp³-hybridized carbons (Fsp3) is 0.640. The molecule has 0 aliphatic carbocycles. The molecule has 2 saturated heterocycles. The van der Waals surface area contributed by atoms with E-state index in [9.17, 15) is 13.2 Å². The molecule has 2 aliphatic heterocycles. The van der Waals surface area contributed by atoms with Gasteiger partial charge in [-0.25, -0.2) is 8.42 Å². The Kier molecular flexibility index (Phi) is 8.29. The molecule has 34 heavy (non-hydrogen) atoms. The summed E-state index contributed by atoms with van der Waals surface area (Å²) in [5.74, 6) is -0.312. The first-order valence-corrected chi connectivity index (χ1v) is 14.1. The first kappa shape index (κ1) is 25.2. The molecule has 1 N–H and O–H groups in total. The number of carbonyl (C=O) groups is 1. The highest BCUT2D eigenvalue weighted by atomic mass is 32.2. The van der Waals surface area contributed by atoms with Crippen LogP contribution in [-0.4, -0.2) is 91.9 Å². The van der Waals surface area contributed by atoms with E-state index in [0.29, 0.717) is 24.4 Å². The number of piperazine rings is 1. The van der Waals surface area contributed by atoms with Crippen molar-refractivity contribution in [2.45, 2.75) is 37.5 Å². The molecule has 8 nitrogen and oxygen atoms in total. The van der Waals surface area contributed by atoms with Gasteiger partial charge in [-0.2, -0.15) is 4.31 Å². The molecule has 9 heteroatoms. The van der Waals surface area contributed by atoms with Crippen LogP contribution >= 0.6 is 0 Å². The van der Waals surface area contributed by atoms with Crippen LogP contribution in [0.4, 0.5) is 0 Å². The maximum absolute atomic E-state index is 13.3. The predicted octanol–water partition coefficient (Wildman–Crippen LogP) is 2.11. The molecule has 0 radical (unpaired) electrons. The number of hydrogen-bond acceptors (Lipinski definition) is 5. The number of fused-ring (bicyclic) bond motifs is 1. The quantitative estimate of drug-likeness (QED) is 0.546. The summed E-state index contributed by atoms with van der Waals surface area (Å²) in [5, 5.41) is 3.96. The lowest BCUT2D eigenvalue weighted by atomic mass is 9.99. The van der Waals surface area contributed by atoms with Crippen LogP contribution < -0.4 is 5.32 Å². The van der Waals surface area contributed by atoms with Crippen molar-refractivity contribution in [3.8, 4) is 0 Å². The highest BCUT2D eigenvalue weighted by Gasteiger charge is 2.33. The Morgan fingerprint density at radius 3 is 2.53 bits per heavy atom. The molecular formula is C25H39N5O3S. The molecule has 2 fully saturated rings. The van der Waals surface area contributed by atoms with Gasteiger partial charge in [-0.3, -0.25) is 4.79 Å². The number of piperidine rings is 1. The van der Waals surface area contributed by atoms with Crippen molar-refractivity contribution in [2.75, 3.05) is 58.9 Å². The van der Waals surface area contributed by atoms with Crippen LogP contribution in [0, 0.1) is 5.92 Å². The molecule has 2 aliphatic rings. The molecule has 1 amide bonds. The zero-order chi connectivity index (χ0) is 24.1. The minimum Gasteiger partial charge on any atom is -0.356 e. The Balaban J connectivity index is 1.25. The number of carbonyl (C=O) groups excluding carboxylic acids is 1. The van der Waals surface area contributed by atoms with E-state index in [-0.39, 0.29) is 18.4 Å². The van der Waals surface area contributed by atoms with Crippen molar-refractivity contribution >= 4 is 26.8 Å². The molecule has 4 rings (SSSR count). The van der Waals surface area contributed by atoms with Crippen LogP contribution in [-0.2, 0) is 21.9 Å². The van der Waals surface area contributed by atoms with E-state index in [1.807, 2.05) is 29.9 Å². The van der Waals surface area contributed by atoms with Crippen molar-refractivity contribution in [3.63, 3.8) is 0 Å². The van der Waals surface area contributed by atoms with Gasteiger partial charge in [0.05, 0.1) is 10.8 Å². The number of hydrogen-bond donors (Lipinski definition) is 1. The summed E-state index contributed by atoms with van der Waals surface area (Å²) in [4.78, 5) is 18.1. The van der Waals surface area contributed by atoms with Gasteiger partial charge in [0.15, 0.2) is 0 Å². The van der Waals surface area contributed by atoms with E-state index in [4.69, 9.17) is 0 Å². The van der Waals surface area contributed by atoms with Crippen molar-refractivity contribution in [1.29, 1.82) is 0 Å². The molecule has 1 aromatic heterocycles. The number of nitrogens with one attached hydrogen (secondary N) is 1. The molecule has 0 bridgehead atoms. The lowest BCUT2D eigenvalue weighted by Crippen LogP contribution is -2.47. The second kappa shape index (κ2) is 11.2. The molecule has 0 saturated carbocycles. The Bertz CT molecular complexity index is 1080. The van der Waals surface area contributed by atoms with E-state index < -0.39 is 10.0 Å². The summed E-state index contributed by atoms with van der Waals surface area (Å²) >= 11 is 0. The summed E-state index contributed by atoms with van der Waals surface area (Å²) in [6.07, 6.45) is 5.48. The molecule has 1 atom stereocenters. The number of amides is 1. The van der Waals surface area contributed by atoms with Crippen molar-refractivity contribution in [3.05, 3.63) is 30.5 Å². The Labute approximate surface area is 203 Å². The van der Waals surface area contributed by atoms with E-state index in [2.05, 4.69) is 22.0 Å². The lowest BCUT2D eigenvalue weighted by molar-refractivity contribution is -0.126. The lowest BCUT2D eigenvalue weighted by Gasteiger charge is -2.34. The molecule has 1 aromatic carbocycles. The number of nitrogens with zero attached hydrogens (tertiary/aromatic N) is 4. The minimum atomic E-state index is -3.63. The summed E-state index contributed by atoms with van der Waals surface area (Å²) in [5.41, 5.74) is 0.998. The Morgan fingerprint density at radius 2 is 1.79 bits per heavy atom. The van der Waals surface area contributed by atoms with Gasteiger partial charge in [-0.05, 0) is 63.0 Å². The normalized spacial score (nSPS) is 21.2. The van der Waals surface area contributed by atoms with Crippen molar-refractivity contribution < 1.29 is 13.2 Å². The number of aromatic nitrogens is 1. The number of aryl methyl sites for hydroxylation is 1. The third-order valence-corrected chi connectivity index (χ3v) is 9.07. The van der Waals surface area contributed by atoms with Gasteiger partial charge in [0.2, 0.25) is 15.9 Å². The topological polar surface area (TPSA) is 77.9 Å². The van der Waals surface area contributed by atoms with Gasteiger partial charge in [0, 0.05) is 70.0 Å². The summed E-state index contributed by atoms with van der Waals surface area (Å²) in [6, 6.07) is 7.17. The van der Waals surface area contributed by atoms with Gasteiger partial charge >= 0.3 is 0 Å². The average Bonchev–Trinajstić information content (AvgIpc) is 3.23. The third kappa shape index (κ3) is 5.82. The van der Waals surface area contributed by atoms with Crippen LogP contribution in [0.3, 0.4) is 0 Å².